The molecule has 1 saturated carbocycles. The predicted octanol–water partition coefficient (Wildman–Crippen LogP) is 3.15. The molecule has 1 amide bonds. The molecule has 0 unspecified atom stereocenters. The van der Waals surface area contributed by atoms with Crippen LogP contribution in [0, 0.1) is 0 Å². The van der Waals surface area contributed by atoms with Crippen LogP contribution in [0.25, 0.3) is 0 Å². The zero-order valence-corrected chi connectivity index (χ0v) is 10.7. The summed E-state index contributed by atoms with van der Waals surface area (Å²) in [4.78, 5) is 15.4. The average Bonchev–Trinajstić information content (AvgIpc) is 2.45. The number of halogens is 3. The Hall–Kier alpha value is -1.92. The number of pyridine rings is 1. The van der Waals surface area contributed by atoms with Crippen molar-refractivity contribution >= 4 is 11.6 Å². The lowest BCUT2D eigenvalue weighted by Crippen LogP contribution is -2.24. The molecule has 1 heterocycles. The summed E-state index contributed by atoms with van der Waals surface area (Å²) < 4.78 is 38.3. The van der Waals surface area contributed by atoms with Crippen LogP contribution in [0.15, 0.2) is 23.6 Å². The van der Waals surface area contributed by atoms with E-state index >= 15 is 0 Å². The number of alkyl halides is 3. The quantitative estimate of drug-likeness (QED) is 0.849. The van der Waals surface area contributed by atoms with Crippen LogP contribution in [0.1, 0.15) is 48.0 Å². The topological polar surface area (TPSA) is 54.4 Å². The van der Waals surface area contributed by atoms with Gasteiger partial charge in [-0.15, -0.1) is 0 Å². The Morgan fingerprint density at radius 3 is 2.60 bits per heavy atom. The Bertz CT molecular complexity index is 518. The lowest BCUT2D eigenvalue weighted by atomic mass is 9.99. The molecule has 7 heteroatoms. The van der Waals surface area contributed by atoms with Gasteiger partial charge in [0.05, 0.1) is 11.1 Å². The van der Waals surface area contributed by atoms with Gasteiger partial charge in [-0.2, -0.15) is 18.3 Å². The molecular formula is C13H14F3N3O. The molecule has 0 saturated heterocycles. The van der Waals surface area contributed by atoms with E-state index in [0.717, 1.165) is 56.3 Å². The number of nitrogens with one attached hydrogen (secondary N) is 1. The van der Waals surface area contributed by atoms with Crippen LogP contribution in [-0.4, -0.2) is 16.6 Å². The number of carbonyl (C=O) groups is 1. The van der Waals surface area contributed by atoms with Gasteiger partial charge in [0.2, 0.25) is 0 Å². The molecule has 1 aromatic rings. The van der Waals surface area contributed by atoms with Gasteiger partial charge in [-0.25, -0.2) is 5.43 Å². The second-order valence-corrected chi connectivity index (χ2v) is 4.60. The average molecular weight is 285 g/mol. The van der Waals surface area contributed by atoms with Crippen molar-refractivity contribution in [1.29, 1.82) is 0 Å². The Labute approximate surface area is 114 Å². The van der Waals surface area contributed by atoms with Crippen LogP contribution >= 0.6 is 0 Å². The number of rotatable bonds is 2. The second kappa shape index (κ2) is 6.02. The molecule has 1 aliphatic carbocycles. The van der Waals surface area contributed by atoms with Crippen LogP contribution in [0.3, 0.4) is 0 Å². The van der Waals surface area contributed by atoms with Crippen LogP contribution in [0.2, 0.25) is 0 Å². The maximum atomic E-state index is 12.8. The van der Waals surface area contributed by atoms with Crippen molar-refractivity contribution in [1.82, 2.24) is 10.4 Å². The number of hydrogen-bond acceptors (Lipinski definition) is 3. The minimum absolute atomic E-state index is 0.514. The predicted molar refractivity (Wildman–Crippen MR) is 67.2 cm³/mol. The molecule has 0 atom stereocenters. The minimum Gasteiger partial charge on any atom is -0.267 e. The van der Waals surface area contributed by atoms with E-state index in [1.54, 1.807) is 0 Å². The molecule has 0 aromatic carbocycles. The third-order valence-electron chi connectivity index (χ3n) is 3.12. The smallest absolute Gasteiger partial charge is 0.267 e. The summed E-state index contributed by atoms with van der Waals surface area (Å²) in [5.74, 6) is -0.886. The first-order chi connectivity index (χ1) is 9.48. The van der Waals surface area contributed by atoms with E-state index in [4.69, 9.17) is 0 Å². The van der Waals surface area contributed by atoms with Crippen LogP contribution in [0.4, 0.5) is 13.2 Å². The van der Waals surface area contributed by atoms with Crippen molar-refractivity contribution < 1.29 is 18.0 Å². The summed E-state index contributed by atoms with van der Waals surface area (Å²) in [6.07, 6.45) is 1.98. The van der Waals surface area contributed by atoms with Crippen LogP contribution < -0.4 is 5.43 Å². The number of hydrogen-bond donors (Lipinski definition) is 1. The maximum Gasteiger partial charge on any atom is 0.417 e. The van der Waals surface area contributed by atoms with E-state index in [1.165, 1.54) is 0 Å². The van der Waals surface area contributed by atoms with Gasteiger partial charge in [-0.1, -0.05) is 6.42 Å². The molecule has 0 bridgehead atoms. The molecule has 1 aliphatic rings. The largest absolute Gasteiger partial charge is 0.417 e. The first-order valence-electron chi connectivity index (χ1n) is 6.35. The van der Waals surface area contributed by atoms with Gasteiger partial charge in [-0.3, -0.25) is 9.78 Å². The van der Waals surface area contributed by atoms with Gasteiger partial charge in [0.1, 0.15) is 0 Å². The van der Waals surface area contributed by atoms with Gasteiger partial charge in [0.25, 0.3) is 5.91 Å². The van der Waals surface area contributed by atoms with Gasteiger partial charge < -0.3 is 0 Å². The van der Waals surface area contributed by atoms with Gasteiger partial charge in [0.15, 0.2) is 0 Å². The molecule has 0 aliphatic heterocycles. The molecular weight excluding hydrogens is 271 g/mol. The summed E-state index contributed by atoms with van der Waals surface area (Å²) in [6.45, 7) is 0. The number of amides is 1. The monoisotopic (exact) mass is 285 g/mol. The fourth-order valence-corrected chi connectivity index (χ4v) is 2.08. The van der Waals surface area contributed by atoms with Gasteiger partial charge in [0, 0.05) is 18.1 Å². The van der Waals surface area contributed by atoms with Crippen molar-refractivity contribution in [3.8, 4) is 0 Å². The summed E-state index contributed by atoms with van der Waals surface area (Å²) in [5, 5.41) is 3.90. The molecule has 1 N–H and O–H groups in total. The summed E-state index contributed by atoms with van der Waals surface area (Å²) in [7, 11) is 0. The van der Waals surface area contributed by atoms with Crippen molar-refractivity contribution in [3.05, 3.63) is 29.6 Å². The van der Waals surface area contributed by atoms with Gasteiger partial charge >= 0.3 is 6.18 Å². The second-order valence-electron chi connectivity index (χ2n) is 4.60. The molecule has 2 rings (SSSR count). The number of nitrogens with zero attached hydrogens (tertiary/aromatic N) is 2. The highest BCUT2D eigenvalue weighted by Crippen LogP contribution is 2.31. The third-order valence-corrected chi connectivity index (χ3v) is 3.12. The van der Waals surface area contributed by atoms with E-state index in [2.05, 4.69) is 15.5 Å². The normalized spacial score (nSPS) is 15.8. The molecule has 108 valence electrons. The van der Waals surface area contributed by atoms with E-state index in [0.29, 0.717) is 0 Å². The lowest BCUT2D eigenvalue weighted by Gasteiger charge is -2.13. The summed E-state index contributed by atoms with van der Waals surface area (Å²) in [6, 6.07) is 0.780. The Morgan fingerprint density at radius 2 is 1.95 bits per heavy atom. The van der Waals surface area contributed by atoms with Crippen LogP contribution in [0.5, 0.6) is 0 Å². The highest BCUT2D eigenvalue weighted by molar-refractivity contribution is 5.96. The zero-order chi connectivity index (χ0) is 14.6. The summed E-state index contributed by atoms with van der Waals surface area (Å²) in [5.41, 5.74) is 1.49. The fourth-order valence-electron chi connectivity index (χ4n) is 2.08. The number of hydrazone groups is 1. The van der Waals surface area contributed by atoms with Crippen molar-refractivity contribution in [2.75, 3.05) is 0 Å². The Kier molecular flexibility index (Phi) is 4.36. The third kappa shape index (κ3) is 3.55. The molecule has 20 heavy (non-hydrogen) atoms. The molecule has 0 spiro atoms. The molecule has 1 aromatic heterocycles. The van der Waals surface area contributed by atoms with E-state index in [9.17, 15) is 18.0 Å². The molecule has 1 fully saturated rings. The zero-order valence-electron chi connectivity index (χ0n) is 10.7. The highest BCUT2D eigenvalue weighted by atomic mass is 19.4. The maximum absolute atomic E-state index is 12.8. The van der Waals surface area contributed by atoms with E-state index < -0.39 is 23.2 Å². The van der Waals surface area contributed by atoms with Crippen molar-refractivity contribution in [2.24, 2.45) is 5.10 Å². The molecule has 0 radical (unpaired) electrons. The van der Waals surface area contributed by atoms with Crippen molar-refractivity contribution in [3.63, 3.8) is 0 Å². The first kappa shape index (κ1) is 14.5. The molecule has 4 nitrogen and oxygen atoms in total. The van der Waals surface area contributed by atoms with E-state index in [-0.39, 0.29) is 0 Å². The highest BCUT2D eigenvalue weighted by Gasteiger charge is 2.35. The standard InChI is InChI=1S/C13H14F3N3O/c14-13(15,16)11-6-7-17-8-10(11)12(20)19-18-9-4-2-1-3-5-9/h6-8H,1-5H2,(H,19,20). The number of aromatic nitrogens is 1. The SMILES string of the molecule is O=C(NN=C1CCCCC1)c1cnccc1C(F)(F)F. The van der Waals surface area contributed by atoms with Gasteiger partial charge in [-0.05, 0) is 31.7 Å². The first-order valence-corrected chi connectivity index (χ1v) is 6.35. The summed E-state index contributed by atoms with van der Waals surface area (Å²) >= 11 is 0. The van der Waals surface area contributed by atoms with Crippen LogP contribution in [-0.2, 0) is 6.18 Å². The van der Waals surface area contributed by atoms with Crippen molar-refractivity contribution in [2.45, 2.75) is 38.3 Å². The minimum atomic E-state index is -4.59. The van der Waals surface area contributed by atoms with E-state index in [1.807, 2.05) is 0 Å². The lowest BCUT2D eigenvalue weighted by molar-refractivity contribution is -0.138. The Balaban J connectivity index is 2.13. The Morgan fingerprint density at radius 1 is 1.25 bits per heavy atom. The fraction of sp³-hybridized carbons (Fsp3) is 0.462. The number of carbonyl (C=O) groups excluding carboxylic acids is 1.